The van der Waals surface area contributed by atoms with Crippen LogP contribution in [0.25, 0.3) is 0 Å². The van der Waals surface area contributed by atoms with Crippen molar-refractivity contribution < 1.29 is 18.7 Å². The quantitative estimate of drug-likeness (QED) is 0.278. The Bertz CT molecular complexity index is 1040. The topological polar surface area (TPSA) is 92.1 Å². The summed E-state index contributed by atoms with van der Waals surface area (Å²) in [4.78, 5) is 24.8. The maximum atomic E-state index is 13.1. The molecule has 1 aliphatic rings. The van der Waals surface area contributed by atoms with Gasteiger partial charge in [0.05, 0.1) is 12.3 Å². The molecule has 7 nitrogen and oxygen atoms in total. The lowest BCUT2D eigenvalue weighted by molar-refractivity contribution is -0.123. The van der Waals surface area contributed by atoms with Crippen molar-refractivity contribution in [2.24, 2.45) is 10.2 Å². The van der Waals surface area contributed by atoms with E-state index in [1.165, 1.54) is 25.0 Å². The third-order valence-corrected chi connectivity index (χ3v) is 6.18. The van der Waals surface area contributed by atoms with Crippen molar-refractivity contribution in [2.75, 3.05) is 11.9 Å². The molecule has 0 radical (unpaired) electrons. The van der Waals surface area contributed by atoms with Crippen molar-refractivity contribution in [1.29, 1.82) is 0 Å². The summed E-state index contributed by atoms with van der Waals surface area (Å²) in [6, 6.07) is 13.1. The highest BCUT2D eigenvalue weighted by molar-refractivity contribution is 8.15. The number of hydrogen-bond donors (Lipinski definition) is 2. The van der Waals surface area contributed by atoms with Gasteiger partial charge in [-0.15, -0.1) is 5.10 Å². The molecule has 1 atom stereocenters. The fourth-order valence-electron chi connectivity index (χ4n) is 3.18. The highest BCUT2D eigenvalue weighted by atomic mass is 32.2. The first-order chi connectivity index (χ1) is 16.4. The zero-order chi connectivity index (χ0) is 24.3. The monoisotopic (exact) mass is 484 g/mol. The number of unbranched alkanes of at least 4 members (excludes halogenated alkanes) is 3. The molecule has 1 fully saturated rings. The molecule has 180 valence electrons. The fraction of sp³-hybridized carbons (Fsp3) is 0.360. The summed E-state index contributed by atoms with van der Waals surface area (Å²) >= 11 is 1.14. The summed E-state index contributed by atoms with van der Waals surface area (Å²) in [5.74, 6) is -0.180. The number of benzene rings is 2. The van der Waals surface area contributed by atoms with Crippen LogP contribution in [-0.2, 0) is 9.59 Å². The van der Waals surface area contributed by atoms with E-state index in [0.29, 0.717) is 23.6 Å². The van der Waals surface area contributed by atoms with Crippen LogP contribution in [0.1, 0.15) is 51.5 Å². The minimum absolute atomic E-state index is 0.0368. The van der Waals surface area contributed by atoms with Crippen molar-refractivity contribution in [3.63, 3.8) is 0 Å². The minimum atomic E-state index is -0.636. The molecule has 1 unspecified atom stereocenters. The Morgan fingerprint density at radius 3 is 2.59 bits per heavy atom. The summed E-state index contributed by atoms with van der Waals surface area (Å²) in [5.41, 5.74) is 1.89. The highest BCUT2D eigenvalue weighted by Gasteiger charge is 2.30. The largest absolute Gasteiger partial charge is 0.494 e. The molecule has 2 amide bonds. The summed E-state index contributed by atoms with van der Waals surface area (Å²) in [7, 11) is 0. The lowest BCUT2D eigenvalue weighted by Crippen LogP contribution is -2.41. The second kappa shape index (κ2) is 12.9. The number of rotatable bonds is 10. The van der Waals surface area contributed by atoms with Crippen LogP contribution in [0.2, 0.25) is 0 Å². The van der Waals surface area contributed by atoms with Gasteiger partial charge in [0.25, 0.3) is 0 Å². The number of halogens is 1. The molecule has 0 saturated carbocycles. The Balaban J connectivity index is 1.55. The molecule has 9 heteroatoms. The molecule has 0 aliphatic carbocycles. The summed E-state index contributed by atoms with van der Waals surface area (Å²) < 4.78 is 18.8. The molecule has 2 aromatic carbocycles. The van der Waals surface area contributed by atoms with Crippen molar-refractivity contribution in [2.45, 2.75) is 51.2 Å². The van der Waals surface area contributed by atoms with E-state index in [1.807, 2.05) is 12.1 Å². The highest BCUT2D eigenvalue weighted by Crippen LogP contribution is 2.23. The zero-order valence-electron chi connectivity index (χ0n) is 19.3. The molecule has 0 aromatic heterocycles. The molecule has 1 aliphatic heterocycles. The number of nitrogens with zero attached hydrogens (tertiary/aromatic N) is 2. The summed E-state index contributed by atoms with van der Waals surface area (Å²) in [6.07, 6.45) is 4.60. The van der Waals surface area contributed by atoms with Crippen LogP contribution in [0.5, 0.6) is 5.75 Å². The normalized spacial score (nSPS) is 17.4. The van der Waals surface area contributed by atoms with Gasteiger partial charge in [-0.25, -0.2) is 4.39 Å². The van der Waals surface area contributed by atoms with Crippen LogP contribution in [0.15, 0.2) is 58.7 Å². The average Bonchev–Trinajstić information content (AvgIpc) is 2.83. The van der Waals surface area contributed by atoms with Crippen molar-refractivity contribution >= 4 is 40.1 Å². The Morgan fingerprint density at radius 1 is 1.15 bits per heavy atom. The molecule has 2 aromatic rings. The van der Waals surface area contributed by atoms with Crippen LogP contribution < -0.4 is 15.4 Å². The fourth-order valence-corrected chi connectivity index (χ4v) is 4.12. The maximum absolute atomic E-state index is 13.1. The van der Waals surface area contributed by atoms with Crippen LogP contribution >= 0.6 is 11.8 Å². The molecule has 0 bridgehead atoms. The van der Waals surface area contributed by atoms with Gasteiger partial charge in [-0.2, -0.15) is 5.10 Å². The van der Waals surface area contributed by atoms with Crippen LogP contribution in [0.4, 0.5) is 10.1 Å². The van der Waals surface area contributed by atoms with E-state index in [9.17, 15) is 14.0 Å². The third kappa shape index (κ3) is 7.98. The van der Waals surface area contributed by atoms with E-state index in [-0.39, 0.29) is 29.2 Å². The number of carbonyl (C=O) groups excluding carboxylic acids is 2. The number of carbonyl (C=O) groups is 2. The summed E-state index contributed by atoms with van der Waals surface area (Å²) in [5, 5.41) is 13.3. The van der Waals surface area contributed by atoms with Gasteiger partial charge in [-0.3, -0.25) is 9.59 Å². The Morgan fingerprint density at radius 2 is 1.88 bits per heavy atom. The second-order valence-corrected chi connectivity index (χ2v) is 9.07. The smallest absolute Gasteiger partial charge is 0.238 e. The first-order valence-electron chi connectivity index (χ1n) is 11.3. The number of anilines is 1. The van der Waals surface area contributed by atoms with Gasteiger partial charge in [0.1, 0.15) is 16.8 Å². The predicted molar refractivity (Wildman–Crippen MR) is 135 cm³/mol. The lowest BCUT2D eigenvalue weighted by Gasteiger charge is -2.21. The van der Waals surface area contributed by atoms with E-state index < -0.39 is 5.25 Å². The van der Waals surface area contributed by atoms with Crippen molar-refractivity contribution in [3.8, 4) is 5.75 Å². The molecule has 1 heterocycles. The van der Waals surface area contributed by atoms with E-state index in [4.69, 9.17) is 4.74 Å². The number of hydrogen-bond acceptors (Lipinski definition) is 6. The number of thioether (sulfide) groups is 1. The Kier molecular flexibility index (Phi) is 9.63. The molecule has 34 heavy (non-hydrogen) atoms. The van der Waals surface area contributed by atoms with Gasteiger partial charge >= 0.3 is 0 Å². The molecule has 0 spiro atoms. The van der Waals surface area contributed by atoms with Crippen LogP contribution in [0, 0.1) is 5.82 Å². The predicted octanol–water partition coefficient (Wildman–Crippen LogP) is 5.13. The minimum Gasteiger partial charge on any atom is -0.494 e. The standard InChI is InChI=1S/C25H29FN4O3S/c1-3-4-5-6-15-33-21-13-11-20(12-14-21)27-24(32)22-16-23(31)28-25(34-22)30-29-17(2)18-7-9-19(26)10-8-18/h7-14,22H,3-6,15-16H2,1-2H3,(H,27,32)(H,28,30,31). The molecular weight excluding hydrogens is 455 g/mol. The van der Waals surface area contributed by atoms with Crippen molar-refractivity contribution in [1.82, 2.24) is 5.32 Å². The van der Waals surface area contributed by atoms with Crippen LogP contribution in [0.3, 0.4) is 0 Å². The number of nitrogens with one attached hydrogen (secondary N) is 2. The average molecular weight is 485 g/mol. The van der Waals surface area contributed by atoms with Gasteiger partial charge in [0.2, 0.25) is 11.8 Å². The lowest BCUT2D eigenvalue weighted by atomic mass is 10.1. The first-order valence-corrected chi connectivity index (χ1v) is 12.2. The van der Waals surface area contributed by atoms with E-state index in [2.05, 4.69) is 27.8 Å². The SMILES string of the molecule is CCCCCCOc1ccc(NC(=O)C2CC(=O)N/C(=N\N=C(C)c3ccc(F)cc3)S2)cc1. The van der Waals surface area contributed by atoms with E-state index in [1.54, 1.807) is 31.2 Å². The van der Waals surface area contributed by atoms with E-state index in [0.717, 1.165) is 30.4 Å². The van der Waals surface area contributed by atoms with Gasteiger partial charge in [-0.1, -0.05) is 50.1 Å². The molecule has 3 rings (SSSR count). The molecule has 2 N–H and O–H groups in total. The van der Waals surface area contributed by atoms with Gasteiger partial charge in [-0.05, 0) is 55.3 Å². The molecule has 1 saturated heterocycles. The van der Waals surface area contributed by atoms with Gasteiger partial charge < -0.3 is 15.4 Å². The first kappa shape index (κ1) is 25.4. The maximum Gasteiger partial charge on any atom is 0.238 e. The summed E-state index contributed by atoms with van der Waals surface area (Å²) in [6.45, 7) is 4.57. The van der Waals surface area contributed by atoms with E-state index >= 15 is 0 Å². The van der Waals surface area contributed by atoms with Gasteiger partial charge in [0.15, 0.2) is 5.17 Å². The number of ether oxygens (including phenoxy) is 1. The third-order valence-electron chi connectivity index (χ3n) is 5.10. The Labute approximate surface area is 203 Å². The number of amidine groups is 1. The second-order valence-electron chi connectivity index (χ2n) is 7.88. The zero-order valence-corrected chi connectivity index (χ0v) is 20.2. The van der Waals surface area contributed by atoms with Crippen LogP contribution in [-0.4, -0.2) is 34.6 Å². The molecular formula is C25H29FN4O3S. The van der Waals surface area contributed by atoms with Gasteiger partial charge in [0, 0.05) is 12.1 Å². The number of amides is 2. The van der Waals surface area contributed by atoms with Crippen molar-refractivity contribution in [3.05, 3.63) is 59.9 Å². The Hall–Kier alpha value is -3.20.